The molecule has 0 unspecified atom stereocenters. The van der Waals surface area contributed by atoms with Gasteiger partial charge >= 0.3 is 0 Å². The molecule has 0 bridgehead atoms. The summed E-state index contributed by atoms with van der Waals surface area (Å²) in [6, 6.07) is 18.3. The first-order valence-electron chi connectivity index (χ1n) is 8.02. The van der Waals surface area contributed by atoms with E-state index in [0.29, 0.717) is 12.4 Å². The molecule has 0 atom stereocenters. The van der Waals surface area contributed by atoms with E-state index in [1.165, 1.54) is 11.1 Å². The molecule has 0 aromatic heterocycles. The van der Waals surface area contributed by atoms with Crippen molar-refractivity contribution in [2.75, 3.05) is 0 Å². The van der Waals surface area contributed by atoms with Crippen LogP contribution < -0.4 is 5.73 Å². The molecule has 0 spiro atoms. The van der Waals surface area contributed by atoms with Crippen LogP contribution in [0.1, 0.15) is 36.5 Å². The molecule has 23 heavy (non-hydrogen) atoms. The monoisotopic (exact) mass is 304 g/mol. The molecule has 2 aromatic rings. The van der Waals surface area contributed by atoms with Crippen molar-refractivity contribution in [1.29, 1.82) is 0 Å². The van der Waals surface area contributed by atoms with Gasteiger partial charge in [0.1, 0.15) is 5.84 Å². The number of rotatable bonds is 7. The summed E-state index contributed by atoms with van der Waals surface area (Å²) >= 11 is 0. The van der Waals surface area contributed by atoms with Gasteiger partial charge in [-0.1, -0.05) is 86.7 Å². The minimum atomic E-state index is 0.573. The lowest BCUT2D eigenvalue weighted by Gasteiger charge is -2.05. The summed E-state index contributed by atoms with van der Waals surface area (Å²) in [6.45, 7) is 6.66. The van der Waals surface area contributed by atoms with Gasteiger partial charge in [0.15, 0.2) is 0 Å². The zero-order chi connectivity index (χ0) is 16.5. The Kier molecular flexibility index (Phi) is 6.37. The quantitative estimate of drug-likeness (QED) is 0.438. The van der Waals surface area contributed by atoms with Gasteiger partial charge < -0.3 is 5.73 Å². The molecule has 118 valence electrons. The van der Waals surface area contributed by atoms with Gasteiger partial charge in [0.25, 0.3) is 0 Å². The molecular weight excluding hydrogens is 280 g/mol. The zero-order valence-electron chi connectivity index (χ0n) is 13.7. The summed E-state index contributed by atoms with van der Waals surface area (Å²) in [4.78, 5) is 4.47. The van der Waals surface area contributed by atoms with Gasteiger partial charge in [-0.25, -0.2) is 0 Å². The summed E-state index contributed by atoms with van der Waals surface area (Å²) in [7, 11) is 0. The van der Waals surface area contributed by atoms with Crippen LogP contribution >= 0.6 is 0 Å². The van der Waals surface area contributed by atoms with Gasteiger partial charge in [0, 0.05) is 5.56 Å². The lowest BCUT2D eigenvalue weighted by atomic mass is 10.0. The molecule has 0 aliphatic carbocycles. The summed E-state index contributed by atoms with van der Waals surface area (Å²) in [6.07, 6.45) is 6.35. The van der Waals surface area contributed by atoms with Gasteiger partial charge in [0.2, 0.25) is 0 Å². The third kappa shape index (κ3) is 4.96. The van der Waals surface area contributed by atoms with Crippen LogP contribution in [0.4, 0.5) is 0 Å². The lowest BCUT2D eigenvalue weighted by Crippen LogP contribution is -2.13. The topological polar surface area (TPSA) is 38.4 Å². The van der Waals surface area contributed by atoms with Crippen LogP contribution in [0.15, 0.2) is 78.3 Å². The van der Waals surface area contributed by atoms with E-state index in [-0.39, 0.29) is 0 Å². The predicted octanol–water partition coefficient (Wildman–Crippen LogP) is 4.96. The molecule has 2 heteroatoms. The van der Waals surface area contributed by atoms with Gasteiger partial charge in [-0.05, 0) is 23.1 Å². The maximum atomic E-state index is 6.02. The highest BCUT2D eigenvalue weighted by Crippen LogP contribution is 2.18. The second-order valence-electron chi connectivity index (χ2n) is 5.42. The number of nitrogens with two attached hydrogens (primary N) is 1. The first-order valence-corrected chi connectivity index (χ1v) is 8.02. The number of nitrogens with zero attached hydrogens (tertiary/aromatic N) is 1. The molecule has 0 aliphatic rings. The maximum absolute atomic E-state index is 6.02. The Bertz CT molecular complexity index is 680. The van der Waals surface area contributed by atoms with Crippen molar-refractivity contribution >= 4 is 11.4 Å². The Morgan fingerprint density at radius 1 is 1.04 bits per heavy atom. The minimum absolute atomic E-state index is 0.573. The van der Waals surface area contributed by atoms with E-state index in [2.05, 4.69) is 48.8 Å². The number of hydrogen-bond acceptors (Lipinski definition) is 1. The number of amidine groups is 1. The Labute approximate surface area is 139 Å². The Balaban J connectivity index is 2.07. The third-order valence-electron chi connectivity index (χ3n) is 3.66. The molecular formula is C21H24N2. The number of unbranched alkanes of at least 4 members (excludes halogenated alkanes) is 1. The highest BCUT2D eigenvalue weighted by molar-refractivity contribution is 5.97. The van der Waals surface area contributed by atoms with Crippen LogP contribution in [0.3, 0.4) is 0 Å². The standard InChI is InChI=1S/C21H24N2/c1-3-5-9-18(4-2)19-14-12-17(13-15-19)16-23-21(22)20-10-7-6-8-11-20/h4,6-15H,2-3,5,16H2,1H3,(H2,22,23)/b18-9+. The van der Waals surface area contributed by atoms with Gasteiger partial charge in [-0.15, -0.1) is 0 Å². The number of benzene rings is 2. The van der Waals surface area contributed by atoms with Crippen molar-refractivity contribution in [1.82, 2.24) is 0 Å². The van der Waals surface area contributed by atoms with Crippen molar-refractivity contribution < 1.29 is 0 Å². The maximum Gasteiger partial charge on any atom is 0.125 e. The van der Waals surface area contributed by atoms with Crippen molar-refractivity contribution in [3.05, 3.63) is 90.0 Å². The summed E-state index contributed by atoms with van der Waals surface area (Å²) in [5.41, 5.74) is 10.5. The molecule has 2 nitrogen and oxygen atoms in total. The van der Waals surface area contributed by atoms with E-state index in [1.807, 2.05) is 36.4 Å². The molecule has 2 aromatic carbocycles. The van der Waals surface area contributed by atoms with Gasteiger partial charge in [0.05, 0.1) is 6.54 Å². The van der Waals surface area contributed by atoms with Crippen LogP contribution in [0.25, 0.3) is 5.57 Å². The first kappa shape index (κ1) is 16.8. The van der Waals surface area contributed by atoms with Crippen molar-refractivity contribution in [2.45, 2.75) is 26.3 Å². The van der Waals surface area contributed by atoms with E-state index in [0.717, 1.165) is 24.0 Å². The van der Waals surface area contributed by atoms with E-state index in [1.54, 1.807) is 0 Å². The number of allylic oxidation sites excluding steroid dienone is 3. The molecule has 2 rings (SSSR count). The van der Waals surface area contributed by atoms with Crippen LogP contribution in [0.2, 0.25) is 0 Å². The van der Waals surface area contributed by atoms with E-state index in [4.69, 9.17) is 5.73 Å². The highest BCUT2D eigenvalue weighted by atomic mass is 14.8. The van der Waals surface area contributed by atoms with Crippen molar-refractivity contribution in [3.63, 3.8) is 0 Å². The fourth-order valence-electron chi connectivity index (χ4n) is 2.30. The molecule has 0 saturated carbocycles. The average molecular weight is 304 g/mol. The second kappa shape index (κ2) is 8.74. The molecule has 0 saturated heterocycles. The molecule has 0 amide bonds. The lowest BCUT2D eigenvalue weighted by molar-refractivity contribution is 0.960. The number of aliphatic imine (C=N–C) groups is 1. The smallest absolute Gasteiger partial charge is 0.125 e. The predicted molar refractivity (Wildman–Crippen MR) is 100 cm³/mol. The summed E-state index contributed by atoms with van der Waals surface area (Å²) < 4.78 is 0. The van der Waals surface area contributed by atoms with Gasteiger partial charge in [-0.3, -0.25) is 4.99 Å². The fraction of sp³-hybridized carbons (Fsp3) is 0.190. The summed E-state index contributed by atoms with van der Waals surface area (Å²) in [5, 5.41) is 0. The Morgan fingerprint density at radius 3 is 2.35 bits per heavy atom. The molecule has 0 fully saturated rings. The molecule has 0 aliphatic heterocycles. The Hall–Kier alpha value is -2.61. The fourth-order valence-corrected chi connectivity index (χ4v) is 2.30. The van der Waals surface area contributed by atoms with E-state index < -0.39 is 0 Å². The highest BCUT2D eigenvalue weighted by Gasteiger charge is 2.00. The SMILES string of the molecule is C=C/C(=C\CCC)c1ccc(C/N=C(\N)c2ccccc2)cc1. The van der Waals surface area contributed by atoms with Crippen molar-refractivity contribution in [3.8, 4) is 0 Å². The van der Waals surface area contributed by atoms with Crippen LogP contribution in [0, 0.1) is 0 Å². The normalized spacial score (nSPS) is 12.2. The molecule has 2 N–H and O–H groups in total. The molecule has 0 heterocycles. The van der Waals surface area contributed by atoms with Crippen molar-refractivity contribution in [2.24, 2.45) is 10.7 Å². The van der Waals surface area contributed by atoms with E-state index >= 15 is 0 Å². The largest absolute Gasteiger partial charge is 0.383 e. The van der Waals surface area contributed by atoms with E-state index in [9.17, 15) is 0 Å². The third-order valence-corrected chi connectivity index (χ3v) is 3.66. The van der Waals surface area contributed by atoms with Crippen LogP contribution in [0.5, 0.6) is 0 Å². The van der Waals surface area contributed by atoms with Crippen LogP contribution in [-0.4, -0.2) is 5.84 Å². The number of hydrogen-bond donors (Lipinski definition) is 1. The zero-order valence-corrected chi connectivity index (χ0v) is 13.7. The van der Waals surface area contributed by atoms with Crippen LogP contribution in [-0.2, 0) is 6.54 Å². The molecule has 0 radical (unpaired) electrons. The second-order valence-corrected chi connectivity index (χ2v) is 5.42. The minimum Gasteiger partial charge on any atom is -0.383 e. The Morgan fingerprint density at radius 2 is 1.74 bits per heavy atom. The average Bonchev–Trinajstić information content (AvgIpc) is 2.62. The van der Waals surface area contributed by atoms with Gasteiger partial charge in [-0.2, -0.15) is 0 Å². The first-order chi connectivity index (χ1) is 11.2. The summed E-state index contributed by atoms with van der Waals surface area (Å²) in [5.74, 6) is 0.573.